The normalized spacial score (nSPS) is 15.9. The smallest absolute Gasteiger partial charge is 0.246 e. The summed E-state index contributed by atoms with van der Waals surface area (Å²) in [6.07, 6.45) is 2.73. The van der Waals surface area contributed by atoms with Crippen molar-refractivity contribution in [3.8, 4) is 0 Å². The number of nitrogens with two attached hydrogens (primary N) is 1. The lowest BCUT2D eigenvalue weighted by molar-refractivity contribution is 0.180. The minimum atomic E-state index is -3.00. The van der Waals surface area contributed by atoms with Gasteiger partial charge in [-0.05, 0) is 37.0 Å². The van der Waals surface area contributed by atoms with Gasteiger partial charge in [-0.1, -0.05) is 30.7 Å². The van der Waals surface area contributed by atoms with Crippen LogP contribution in [0, 0.1) is 0 Å². The van der Waals surface area contributed by atoms with Gasteiger partial charge >= 0.3 is 0 Å². The third-order valence-electron chi connectivity index (χ3n) is 5.48. The molecular formula is C19H29ClN6O2S. The van der Waals surface area contributed by atoms with E-state index in [9.17, 15) is 8.42 Å². The van der Waals surface area contributed by atoms with Crippen molar-refractivity contribution in [1.29, 1.82) is 0 Å². The molecule has 1 saturated heterocycles. The van der Waals surface area contributed by atoms with Crippen molar-refractivity contribution in [1.82, 2.24) is 20.1 Å². The lowest BCUT2D eigenvalue weighted by atomic mass is 10.0. The van der Waals surface area contributed by atoms with E-state index in [-0.39, 0.29) is 11.5 Å². The van der Waals surface area contributed by atoms with E-state index in [2.05, 4.69) is 25.0 Å². The largest absolute Gasteiger partial charge is 0.368 e. The van der Waals surface area contributed by atoms with Crippen LogP contribution in [0.3, 0.4) is 0 Å². The number of rotatable bonds is 9. The van der Waals surface area contributed by atoms with Gasteiger partial charge in [0.2, 0.25) is 11.9 Å². The van der Waals surface area contributed by atoms with E-state index in [0.29, 0.717) is 24.5 Å². The summed E-state index contributed by atoms with van der Waals surface area (Å²) in [6, 6.07) is 8.18. The number of nitrogens with zero attached hydrogens (tertiary/aromatic N) is 4. The number of halogens is 1. The molecule has 1 aliphatic heterocycles. The zero-order chi connectivity index (χ0) is 20.9. The van der Waals surface area contributed by atoms with Gasteiger partial charge in [-0.25, -0.2) is 13.5 Å². The van der Waals surface area contributed by atoms with E-state index in [4.69, 9.17) is 17.3 Å². The molecule has 0 bridgehead atoms. The van der Waals surface area contributed by atoms with Crippen molar-refractivity contribution >= 4 is 33.3 Å². The molecule has 1 fully saturated rings. The molecular weight excluding hydrogens is 412 g/mol. The highest BCUT2D eigenvalue weighted by Crippen LogP contribution is 2.21. The van der Waals surface area contributed by atoms with Gasteiger partial charge in [0.25, 0.3) is 0 Å². The van der Waals surface area contributed by atoms with Crippen molar-refractivity contribution in [2.24, 2.45) is 0 Å². The van der Waals surface area contributed by atoms with Crippen LogP contribution in [0.2, 0.25) is 5.02 Å². The highest BCUT2D eigenvalue weighted by molar-refractivity contribution is 7.91. The van der Waals surface area contributed by atoms with Crippen molar-refractivity contribution in [2.45, 2.75) is 32.2 Å². The molecule has 0 radical (unpaired) electrons. The molecule has 0 amide bonds. The Morgan fingerprint density at radius 3 is 2.52 bits per heavy atom. The minimum Gasteiger partial charge on any atom is -0.368 e. The second-order valence-electron chi connectivity index (χ2n) is 7.39. The maximum Gasteiger partial charge on any atom is 0.246 e. The third kappa shape index (κ3) is 6.32. The van der Waals surface area contributed by atoms with Crippen LogP contribution in [0.4, 0.5) is 11.9 Å². The molecule has 10 heteroatoms. The quantitative estimate of drug-likeness (QED) is 0.613. The molecule has 0 unspecified atom stereocenters. The third-order valence-corrected chi connectivity index (χ3v) is 7.42. The summed E-state index contributed by atoms with van der Waals surface area (Å²) < 4.78 is 24.1. The van der Waals surface area contributed by atoms with Gasteiger partial charge < -0.3 is 10.6 Å². The average molecular weight is 441 g/mol. The fourth-order valence-corrected chi connectivity index (χ4v) is 4.57. The maximum absolute atomic E-state index is 12.1. The van der Waals surface area contributed by atoms with Crippen LogP contribution in [-0.2, 0) is 16.3 Å². The molecule has 2 heterocycles. The predicted octanol–water partition coefficient (Wildman–Crippen LogP) is 1.99. The van der Waals surface area contributed by atoms with Gasteiger partial charge in [-0.2, -0.15) is 4.98 Å². The topological polar surface area (TPSA) is 108 Å². The first-order valence-corrected chi connectivity index (χ1v) is 12.2. The lowest BCUT2D eigenvalue weighted by Gasteiger charge is -2.38. The SMILES string of the molecule is CCS(=O)(=O)CCN(CCc1ccc(Cl)cc1)C1CCN(c2n[nH]c(N)n2)CC1. The Balaban J connectivity index is 1.61. The Hall–Kier alpha value is -1.84. The number of benzene rings is 1. The van der Waals surface area contributed by atoms with E-state index in [0.717, 1.165) is 43.9 Å². The van der Waals surface area contributed by atoms with Gasteiger partial charge in [0.1, 0.15) is 0 Å². The molecule has 0 atom stereocenters. The summed E-state index contributed by atoms with van der Waals surface area (Å²) in [5.74, 6) is 1.32. The van der Waals surface area contributed by atoms with Gasteiger partial charge in [-0.15, -0.1) is 5.10 Å². The van der Waals surface area contributed by atoms with Crippen LogP contribution in [0.15, 0.2) is 24.3 Å². The molecule has 0 saturated carbocycles. The Bertz CT molecular complexity index is 878. The van der Waals surface area contributed by atoms with Crippen LogP contribution in [0.25, 0.3) is 0 Å². The van der Waals surface area contributed by atoms with Gasteiger partial charge in [0.15, 0.2) is 9.84 Å². The van der Waals surface area contributed by atoms with Crippen LogP contribution in [0.5, 0.6) is 0 Å². The van der Waals surface area contributed by atoms with Crippen molar-refractivity contribution in [2.75, 3.05) is 48.3 Å². The first-order valence-electron chi connectivity index (χ1n) is 9.98. The molecule has 29 heavy (non-hydrogen) atoms. The van der Waals surface area contributed by atoms with Gasteiger partial charge in [0.05, 0.1) is 5.75 Å². The number of piperidine rings is 1. The molecule has 0 spiro atoms. The van der Waals surface area contributed by atoms with Gasteiger partial charge in [0, 0.05) is 43.0 Å². The first kappa shape index (κ1) is 21.9. The lowest BCUT2D eigenvalue weighted by Crippen LogP contribution is -2.47. The number of nitrogen functional groups attached to an aromatic ring is 1. The summed E-state index contributed by atoms with van der Waals surface area (Å²) in [5.41, 5.74) is 6.83. The predicted molar refractivity (Wildman–Crippen MR) is 117 cm³/mol. The fourth-order valence-electron chi connectivity index (χ4n) is 3.64. The maximum atomic E-state index is 12.1. The number of nitrogens with one attached hydrogen (secondary N) is 1. The Kier molecular flexibility index (Phi) is 7.37. The molecule has 1 aliphatic rings. The number of hydrogen-bond acceptors (Lipinski definition) is 7. The fraction of sp³-hybridized carbons (Fsp3) is 0.579. The van der Waals surface area contributed by atoms with Crippen LogP contribution < -0.4 is 10.6 Å². The zero-order valence-corrected chi connectivity index (χ0v) is 18.3. The summed E-state index contributed by atoms with van der Waals surface area (Å²) in [6.45, 7) is 4.72. The van der Waals surface area contributed by atoms with E-state index < -0.39 is 9.84 Å². The molecule has 160 valence electrons. The standard InChI is InChI=1S/C19H29ClN6O2S/c1-2-29(27,28)14-13-25(10-7-15-3-5-16(20)6-4-15)17-8-11-26(12-9-17)19-22-18(21)23-24-19/h3-6,17H,2,7-14H2,1H3,(H3,21,22,23,24). The Morgan fingerprint density at radius 1 is 1.24 bits per heavy atom. The number of anilines is 2. The summed E-state index contributed by atoms with van der Waals surface area (Å²) in [5, 5.41) is 7.53. The number of aromatic nitrogens is 3. The second-order valence-corrected chi connectivity index (χ2v) is 10.3. The molecule has 3 rings (SSSR count). The monoisotopic (exact) mass is 440 g/mol. The van der Waals surface area contributed by atoms with E-state index in [1.165, 1.54) is 5.56 Å². The summed E-state index contributed by atoms with van der Waals surface area (Å²) >= 11 is 5.98. The average Bonchev–Trinajstić information content (AvgIpc) is 3.16. The molecule has 1 aromatic heterocycles. The van der Waals surface area contributed by atoms with E-state index in [1.54, 1.807) is 6.92 Å². The zero-order valence-electron chi connectivity index (χ0n) is 16.7. The van der Waals surface area contributed by atoms with Crippen LogP contribution in [-0.4, -0.2) is 72.2 Å². The Morgan fingerprint density at radius 2 is 1.93 bits per heavy atom. The van der Waals surface area contributed by atoms with Crippen LogP contribution in [0.1, 0.15) is 25.3 Å². The van der Waals surface area contributed by atoms with E-state index >= 15 is 0 Å². The number of H-pyrrole nitrogens is 1. The molecule has 1 aromatic carbocycles. The van der Waals surface area contributed by atoms with Gasteiger partial charge in [-0.3, -0.25) is 4.90 Å². The molecule has 0 aliphatic carbocycles. The highest BCUT2D eigenvalue weighted by Gasteiger charge is 2.27. The number of aromatic amines is 1. The number of sulfone groups is 1. The second kappa shape index (κ2) is 9.77. The summed E-state index contributed by atoms with van der Waals surface area (Å²) in [7, 11) is -3.00. The van der Waals surface area contributed by atoms with Crippen molar-refractivity contribution in [3.63, 3.8) is 0 Å². The summed E-state index contributed by atoms with van der Waals surface area (Å²) in [4.78, 5) is 8.64. The minimum absolute atomic E-state index is 0.183. The number of hydrogen-bond donors (Lipinski definition) is 2. The van der Waals surface area contributed by atoms with E-state index in [1.807, 2.05) is 24.3 Å². The molecule has 2 aromatic rings. The van der Waals surface area contributed by atoms with Crippen molar-refractivity contribution in [3.05, 3.63) is 34.9 Å². The first-order chi connectivity index (χ1) is 13.9. The van der Waals surface area contributed by atoms with Crippen LogP contribution >= 0.6 is 11.6 Å². The molecule has 3 N–H and O–H groups in total. The van der Waals surface area contributed by atoms with Crippen molar-refractivity contribution < 1.29 is 8.42 Å². The Labute approximate surface area is 177 Å². The highest BCUT2D eigenvalue weighted by atomic mass is 35.5. The molecule has 8 nitrogen and oxygen atoms in total.